The Bertz CT molecular complexity index is 269. The van der Waals surface area contributed by atoms with Gasteiger partial charge in [-0.1, -0.05) is 31.9 Å². The smallest absolute Gasteiger partial charge is 0.197 e. The number of hydrogen-bond acceptors (Lipinski definition) is 2. The molecule has 11 heavy (non-hydrogen) atoms. The molecule has 0 spiro atoms. The first kappa shape index (κ1) is 9.89. The number of ketones is 1. The minimum atomic E-state index is -0.277. The Kier molecular flexibility index (Phi) is 3.74. The highest BCUT2D eigenvalue weighted by molar-refractivity contribution is 9.25. The standard InChI is InChI=1S/C6H3Br3OS/c7-3-1-4(11-2-3)5(10)6(8)9/h1-2,6H. The highest BCUT2D eigenvalue weighted by Crippen LogP contribution is 2.24. The number of Topliss-reactive ketones (excluding diaryl/α,β-unsaturated/α-hetero) is 1. The first-order valence-corrected chi connectivity index (χ1v) is 6.18. The van der Waals surface area contributed by atoms with E-state index in [0.29, 0.717) is 0 Å². The first-order chi connectivity index (χ1) is 5.11. The van der Waals surface area contributed by atoms with Crippen LogP contribution >= 0.6 is 59.1 Å². The van der Waals surface area contributed by atoms with E-state index in [-0.39, 0.29) is 9.52 Å². The van der Waals surface area contributed by atoms with Gasteiger partial charge in [-0.05, 0) is 22.0 Å². The maximum Gasteiger partial charge on any atom is 0.197 e. The number of hydrogen-bond donors (Lipinski definition) is 0. The van der Waals surface area contributed by atoms with Crippen LogP contribution in [0.5, 0.6) is 0 Å². The second-order valence-corrected chi connectivity index (χ2v) is 6.68. The summed E-state index contributed by atoms with van der Waals surface area (Å²) in [6.07, 6.45) is 0. The molecule has 1 rings (SSSR count). The fourth-order valence-corrected chi connectivity index (χ4v) is 2.74. The molecule has 0 aliphatic carbocycles. The van der Waals surface area contributed by atoms with Crippen LogP contribution in [0.4, 0.5) is 0 Å². The number of halogens is 3. The van der Waals surface area contributed by atoms with E-state index in [9.17, 15) is 4.79 Å². The van der Waals surface area contributed by atoms with Gasteiger partial charge in [0, 0.05) is 9.85 Å². The van der Waals surface area contributed by atoms with Gasteiger partial charge in [0.1, 0.15) is 3.74 Å². The highest BCUT2D eigenvalue weighted by Gasteiger charge is 2.14. The van der Waals surface area contributed by atoms with E-state index in [2.05, 4.69) is 47.8 Å². The molecule has 0 bridgehead atoms. The van der Waals surface area contributed by atoms with Crippen molar-refractivity contribution in [2.45, 2.75) is 3.74 Å². The van der Waals surface area contributed by atoms with Crippen LogP contribution in [-0.4, -0.2) is 9.52 Å². The molecular weight excluding hydrogens is 360 g/mol. The summed E-state index contributed by atoms with van der Waals surface area (Å²) >= 11 is 11.0. The topological polar surface area (TPSA) is 17.1 Å². The maximum atomic E-state index is 11.3. The van der Waals surface area contributed by atoms with Crippen molar-refractivity contribution in [2.24, 2.45) is 0 Å². The van der Waals surface area contributed by atoms with E-state index in [4.69, 9.17) is 0 Å². The van der Waals surface area contributed by atoms with Crippen LogP contribution in [0.15, 0.2) is 15.9 Å². The average Bonchev–Trinajstić information content (AvgIpc) is 2.34. The van der Waals surface area contributed by atoms with Crippen molar-refractivity contribution in [3.63, 3.8) is 0 Å². The maximum absolute atomic E-state index is 11.3. The molecule has 1 heterocycles. The molecule has 60 valence electrons. The van der Waals surface area contributed by atoms with Crippen LogP contribution in [0.1, 0.15) is 9.67 Å². The van der Waals surface area contributed by atoms with Crippen LogP contribution in [-0.2, 0) is 0 Å². The summed E-state index contributed by atoms with van der Waals surface area (Å²) in [6, 6.07) is 1.81. The zero-order chi connectivity index (χ0) is 8.43. The average molecular weight is 363 g/mol. The minimum Gasteiger partial charge on any atom is -0.291 e. The van der Waals surface area contributed by atoms with E-state index in [1.165, 1.54) is 11.3 Å². The summed E-state index contributed by atoms with van der Waals surface area (Å²) in [5, 5.41) is 1.88. The molecule has 0 N–H and O–H groups in total. The summed E-state index contributed by atoms with van der Waals surface area (Å²) in [6.45, 7) is 0. The Labute approximate surface area is 93.6 Å². The van der Waals surface area contributed by atoms with Crippen LogP contribution in [0, 0.1) is 0 Å². The van der Waals surface area contributed by atoms with Gasteiger partial charge in [-0.2, -0.15) is 0 Å². The lowest BCUT2D eigenvalue weighted by Gasteiger charge is -1.94. The second kappa shape index (κ2) is 4.16. The summed E-state index contributed by atoms with van der Waals surface area (Å²) in [5.41, 5.74) is 0. The van der Waals surface area contributed by atoms with Crippen molar-refractivity contribution in [1.29, 1.82) is 0 Å². The monoisotopic (exact) mass is 360 g/mol. The van der Waals surface area contributed by atoms with E-state index in [1.54, 1.807) is 0 Å². The molecule has 1 aromatic rings. The van der Waals surface area contributed by atoms with E-state index in [0.717, 1.165) is 9.35 Å². The van der Waals surface area contributed by atoms with Gasteiger partial charge in [0.05, 0.1) is 4.88 Å². The predicted molar refractivity (Wildman–Crippen MR) is 58.0 cm³/mol. The molecule has 0 aliphatic rings. The first-order valence-electron chi connectivity index (χ1n) is 2.67. The van der Waals surface area contributed by atoms with E-state index in [1.807, 2.05) is 11.4 Å². The molecule has 0 radical (unpaired) electrons. The Morgan fingerprint density at radius 1 is 1.55 bits per heavy atom. The largest absolute Gasteiger partial charge is 0.291 e. The van der Waals surface area contributed by atoms with Gasteiger partial charge >= 0.3 is 0 Å². The third kappa shape index (κ3) is 2.65. The van der Waals surface area contributed by atoms with Crippen LogP contribution in [0.2, 0.25) is 0 Å². The summed E-state index contributed by atoms with van der Waals surface area (Å²) in [4.78, 5) is 12.0. The van der Waals surface area contributed by atoms with Gasteiger partial charge < -0.3 is 0 Å². The van der Waals surface area contributed by atoms with Crippen molar-refractivity contribution in [3.8, 4) is 0 Å². The Morgan fingerprint density at radius 2 is 2.18 bits per heavy atom. The third-order valence-electron chi connectivity index (χ3n) is 1.01. The molecule has 0 saturated heterocycles. The molecule has 0 amide bonds. The molecule has 1 aromatic heterocycles. The highest BCUT2D eigenvalue weighted by atomic mass is 79.9. The molecule has 0 saturated carbocycles. The molecule has 5 heteroatoms. The zero-order valence-corrected chi connectivity index (χ0v) is 10.8. The van der Waals surface area contributed by atoms with Crippen molar-refractivity contribution >= 4 is 64.9 Å². The van der Waals surface area contributed by atoms with Crippen LogP contribution < -0.4 is 0 Å². The van der Waals surface area contributed by atoms with Gasteiger partial charge in [0.2, 0.25) is 0 Å². The number of rotatable bonds is 2. The minimum absolute atomic E-state index is 0.0562. The number of carbonyl (C=O) groups excluding carboxylic acids is 1. The summed E-state index contributed by atoms with van der Waals surface area (Å²) in [7, 11) is 0. The lowest BCUT2D eigenvalue weighted by Crippen LogP contribution is -2.03. The predicted octanol–water partition coefficient (Wildman–Crippen LogP) is 3.81. The Morgan fingerprint density at radius 3 is 2.55 bits per heavy atom. The number of carbonyl (C=O) groups is 1. The van der Waals surface area contributed by atoms with Crippen LogP contribution in [0.3, 0.4) is 0 Å². The fraction of sp³-hybridized carbons (Fsp3) is 0.167. The lowest BCUT2D eigenvalue weighted by atomic mass is 10.4. The molecule has 1 nitrogen and oxygen atoms in total. The zero-order valence-electron chi connectivity index (χ0n) is 5.18. The normalized spacial score (nSPS) is 10.5. The molecular formula is C6H3Br3OS. The third-order valence-corrected chi connectivity index (χ3v) is 3.55. The van der Waals surface area contributed by atoms with E-state index >= 15 is 0 Å². The molecule has 0 atom stereocenters. The van der Waals surface area contributed by atoms with Crippen LogP contribution in [0.25, 0.3) is 0 Å². The Hall–Kier alpha value is 0.810. The second-order valence-electron chi connectivity index (χ2n) is 1.79. The summed E-state index contributed by atoms with van der Waals surface area (Å²) in [5.74, 6) is 0.0562. The van der Waals surface area contributed by atoms with E-state index < -0.39 is 0 Å². The fourth-order valence-electron chi connectivity index (χ4n) is 0.550. The number of thiophene rings is 1. The molecule has 0 fully saturated rings. The summed E-state index contributed by atoms with van der Waals surface area (Å²) < 4.78 is 0.673. The SMILES string of the molecule is O=C(c1cc(Br)cs1)C(Br)Br. The van der Waals surface area contributed by atoms with Gasteiger partial charge in [0.25, 0.3) is 0 Å². The van der Waals surface area contributed by atoms with Crippen molar-refractivity contribution in [2.75, 3.05) is 0 Å². The van der Waals surface area contributed by atoms with Gasteiger partial charge in [-0.15, -0.1) is 11.3 Å². The molecule has 0 unspecified atom stereocenters. The van der Waals surface area contributed by atoms with Gasteiger partial charge in [-0.25, -0.2) is 0 Å². The van der Waals surface area contributed by atoms with Crippen molar-refractivity contribution in [1.82, 2.24) is 0 Å². The molecule has 0 aliphatic heterocycles. The quantitative estimate of drug-likeness (QED) is 0.577. The van der Waals surface area contributed by atoms with Crippen molar-refractivity contribution < 1.29 is 4.79 Å². The van der Waals surface area contributed by atoms with Crippen molar-refractivity contribution in [3.05, 3.63) is 20.8 Å². The Balaban J connectivity index is 2.85. The van der Waals surface area contributed by atoms with Gasteiger partial charge in [-0.3, -0.25) is 4.79 Å². The lowest BCUT2D eigenvalue weighted by molar-refractivity contribution is 0.102. The van der Waals surface area contributed by atoms with Gasteiger partial charge in [0.15, 0.2) is 5.78 Å². The number of alkyl halides is 2. The molecule has 0 aromatic carbocycles.